The van der Waals surface area contributed by atoms with E-state index < -0.39 is 14.6 Å². The van der Waals surface area contributed by atoms with Gasteiger partial charge in [0, 0.05) is 23.5 Å². The number of nitrogens with zero attached hydrogens (tertiary/aromatic N) is 2. The molecule has 0 bridgehead atoms. The fourth-order valence-electron chi connectivity index (χ4n) is 1.20. The highest BCUT2D eigenvalue weighted by Gasteiger charge is 2.28. The second-order valence-corrected chi connectivity index (χ2v) is 10.1. The van der Waals surface area contributed by atoms with Crippen LogP contribution in [0.5, 0.6) is 0 Å². The van der Waals surface area contributed by atoms with Crippen molar-refractivity contribution < 1.29 is 8.42 Å². The van der Waals surface area contributed by atoms with E-state index in [1.54, 1.807) is 20.8 Å². The van der Waals surface area contributed by atoms with Gasteiger partial charge in [0.1, 0.15) is 5.82 Å². The number of aromatic nitrogens is 2. The summed E-state index contributed by atoms with van der Waals surface area (Å²) >= 11 is 1.27. The van der Waals surface area contributed by atoms with E-state index in [2.05, 4.69) is 14.7 Å². The summed E-state index contributed by atoms with van der Waals surface area (Å²) in [5.74, 6) is 0.875. The summed E-state index contributed by atoms with van der Waals surface area (Å²) in [5.41, 5.74) is -0.0894. The van der Waals surface area contributed by atoms with Crippen molar-refractivity contribution in [3.05, 3.63) is 5.82 Å². The first-order chi connectivity index (χ1) is 8.43. The Bertz CT molecular complexity index is 522. The van der Waals surface area contributed by atoms with Gasteiger partial charge in [0.25, 0.3) is 0 Å². The minimum Gasteiger partial charge on any atom is -0.359 e. The van der Waals surface area contributed by atoms with Gasteiger partial charge in [-0.2, -0.15) is 4.37 Å². The van der Waals surface area contributed by atoms with Crippen LogP contribution in [0.25, 0.3) is 0 Å². The summed E-state index contributed by atoms with van der Waals surface area (Å²) in [6.45, 7) is 11.6. The SMILES string of the molecule is CC(C)(C)c1nsc(NCCS(=O)(=O)C(C)(C)C)n1. The molecule has 5 nitrogen and oxygen atoms in total. The van der Waals surface area contributed by atoms with Gasteiger partial charge in [-0.3, -0.25) is 0 Å². The highest BCUT2D eigenvalue weighted by Crippen LogP contribution is 2.23. The van der Waals surface area contributed by atoms with Crippen LogP contribution >= 0.6 is 11.5 Å². The van der Waals surface area contributed by atoms with Crippen LogP contribution in [0.2, 0.25) is 0 Å². The van der Waals surface area contributed by atoms with Gasteiger partial charge >= 0.3 is 0 Å². The van der Waals surface area contributed by atoms with E-state index in [4.69, 9.17) is 0 Å². The third kappa shape index (κ3) is 4.42. The van der Waals surface area contributed by atoms with Gasteiger partial charge in [0.05, 0.1) is 10.5 Å². The zero-order valence-electron chi connectivity index (χ0n) is 12.4. The summed E-state index contributed by atoms with van der Waals surface area (Å²) in [5, 5.41) is 3.71. The first-order valence-electron chi connectivity index (χ1n) is 6.24. The van der Waals surface area contributed by atoms with Crippen LogP contribution < -0.4 is 5.32 Å². The average Bonchev–Trinajstić information content (AvgIpc) is 2.63. The van der Waals surface area contributed by atoms with E-state index in [0.29, 0.717) is 11.7 Å². The maximum atomic E-state index is 11.9. The Morgan fingerprint density at radius 1 is 1.16 bits per heavy atom. The van der Waals surface area contributed by atoms with Crippen LogP contribution in [-0.4, -0.2) is 34.8 Å². The summed E-state index contributed by atoms with van der Waals surface area (Å²) in [6, 6.07) is 0. The first kappa shape index (κ1) is 16.4. The van der Waals surface area contributed by atoms with Crippen molar-refractivity contribution in [3.63, 3.8) is 0 Å². The molecule has 1 aromatic heterocycles. The van der Waals surface area contributed by atoms with Crippen LogP contribution in [0.4, 0.5) is 5.13 Å². The highest BCUT2D eigenvalue weighted by molar-refractivity contribution is 7.92. The molecule has 7 heteroatoms. The molecular formula is C12H23N3O2S2. The summed E-state index contributed by atoms with van der Waals surface area (Å²) < 4.78 is 27.4. The molecule has 0 atom stereocenters. The third-order valence-electron chi connectivity index (χ3n) is 2.68. The van der Waals surface area contributed by atoms with E-state index in [1.165, 1.54) is 11.5 Å². The molecule has 1 N–H and O–H groups in total. The van der Waals surface area contributed by atoms with Crippen molar-refractivity contribution in [2.24, 2.45) is 0 Å². The number of nitrogens with one attached hydrogen (secondary N) is 1. The standard InChI is InChI=1S/C12H23N3O2S2/c1-11(2,3)9-14-10(18-15-9)13-7-8-19(16,17)12(4,5)6/h7-8H2,1-6H3,(H,13,14,15). The van der Waals surface area contributed by atoms with E-state index in [9.17, 15) is 8.42 Å². The van der Waals surface area contributed by atoms with Crippen LogP contribution in [0.1, 0.15) is 47.4 Å². The Hall–Kier alpha value is -0.690. The van der Waals surface area contributed by atoms with Gasteiger partial charge in [-0.25, -0.2) is 13.4 Å². The Balaban J connectivity index is 2.58. The molecule has 0 aliphatic rings. The Labute approximate surface area is 119 Å². The van der Waals surface area contributed by atoms with Crippen molar-refractivity contribution in [3.8, 4) is 0 Å². The number of sulfone groups is 1. The molecule has 0 amide bonds. The predicted octanol–water partition coefficient (Wildman–Crippen LogP) is 2.46. The molecule has 0 aromatic carbocycles. The predicted molar refractivity (Wildman–Crippen MR) is 80.6 cm³/mol. The molecule has 0 fully saturated rings. The molecule has 19 heavy (non-hydrogen) atoms. The van der Waals surface area contributed by atoms with Gasteiger partial charge in [-0.15, -0.1) is 0 Å². The van der Waals surface area contributed by atoms with Gasteiger partial charge in [0.2, 0.25) is 5.13 Å². The van der Waals surface area contributed by atoms with Crippen LogP contribution in [0.3, 0.4) is 0 Å². The molecule has 1 rings (SSSR count). The molecule has 0 spiro atoms. The van der Waals surface area contributed by atoms with E-state index >= 15 is 0 Å². The summed E-state index contributed by atoms with van der Waals surface area (Å²) in [4.78, 5) is 4.36. The number of hydrogen-bond donors (Lipinski definition) is 1. The van der Waals surface area contributed by atoms with Crippen molar-refractivity contribution >= 4 is 26.5 Å². The number of rotatable bonds is 4. The Kier molecular flexibility index (Phi) is 4.62. The van der Waals surface area contributed by atoms with Crippen molar-refractivity contribution in [2.45, 2.75) is 51.7 Å². The topological polar surface area (TPSA) is 72.0 Å². The van der Waals surface area contributed by atoms with Crippen molar-refractivity contribution in [2.75, 3.05) is 17.6 Å². The lowest BCUT2D eigenvalue weighted by atomic mass is 9.96. The fraction of sp³-hybridized carbons (Fsp3) is 0.833. The van der Waals surface area contributed by atoms with Gasteiger partial charge in [-0.1, -0.05) is 20.8 Å². The van der Waals surface area contributed by atoms with Crippen molar-refractivity contribution in [1.29, 1.82) is 0 Å². The van der Waals surface area contributed by atoms with Crippen molar-refractivity contribution in [1.82, 2.24) is 9.36 Å². The minimum atomic E-state index is -3.10. The minimum absolute atomic E-state index is 0.0894. The molecule has 1 heterocycles. The molecule has 0 unspecified atom stereocenters. The number of hydrogen-bond acceptors (Lipinski definition) is 6. The second kappa shape index (κ2) is 5.36. The summed E-state index contributed by atoms with van der Waals surface area (Å²) in [7, 11) is -3.10. The van der Waals surface area contributed by atoms with Crippen LogP contribution in [-0.2, 0) is 15.3 Å². The third-order valence-corrected chi connectivity index (χ3v) is 5.96. The summed E-state index contributed by atoms with van der Waals surface area (Å²) in [6.07, 6.45) is 0. The van der Waals surface area contributed by atoms with Gasteiger partial charge < -0.3 is 5.32 Å². The Morgan fingerprint density at radius 3 is 2.16 bits per heavy atom. The smallest absolute Gasteiger partial charge is 0.202 e. The lowest BCUT2D eigenvalue weighted by Gasteiger charge is -2.18. The van der Waals surface area contributed by atoms with Gasteiger partial charge in [0.15, 0.2) is 9.84 Å². The van der Waals surface area contributed by atoms with E-state index in [0.717, 1.165) is 5.82 Å². The quantitative estimate of drug-likeness (QED) is 0.925. The molecule has 0 radical (unpaired) electrons. The molecule has 110 valence electrons. The largest absolute Gasteiger partial charge is 0.359 e. The Morgan fingerprint density at radius 2 is 1.74 bits per heavy atom. The maximum absolute atomic E-state index is 11.9. The fourth-order valence-corrected chi connectivity index (χ4v) is 2.96. The molecule has 0 aliphatic carbocycles. The zero-order chi connectivity index (χ0) is 14.9. The maximum Gasteiger partial charge on any atom is 0.202 e. The highest BCUT2D eigenvalue weighted by atomic mass is 32.2. The second-order valence-electron chi connectivity index (χ2n) is 6.53. The monoisotopic (exact) mass is 305 g/mol. The molecule has 0 saturated carbocycles. The molecule has 0 saturated heterocycles. The lowest BCUT2D eigenvalue weighted by Crippen LogP contribution is -2.32. The first-order valence-corrected chi connectivity index (χ1v) is 8.66. The number of anilines is 1. The van der Waals surface area contributed by atoms with Gasteiger partial charge in [-0.05, 0) is 20.8 Å². The average molecular weight is 305 g/mol. The molecule has 1 aromatic rings. The molecule has 0 aliphatic heterocycles. The van der Waals surface area contributed by atoms with E-state index in [-0.39, 0.29) is 11.2 Å². The lowest BCUT2D eigenvalue weighted by molar-refractivity contribution is 0.555. The molecular weight excluding hydrogens is 282 g/mol. The zero-order valence-corrected chi connectivity index (χ0v) is 14.1. The van der Waals surface area contributed by atoms with Crippen LogP contribution in [0, 0.1) is 0 Å². The normalized spacial score (nSPS) is 13.6. The van der Waals surface area contributed by atoms with E-state index in [1.807, 2.05) is 20.8 Å². The van der Waals surface area contributed by atoms with Crippen LogP contribution in [0.15, 0.2) is 0 Å².